The molecule has 0 aliphatic rings. The molecule has 6 aromatic rings. The van der Waals surface area contributed by atoms with E-state index in [0.29, 0.717) is 34.6 Å². The number of rotatable bonds is 11. The Kier molecular flexibility index (Phi) is 13.7. The SMILES string of the molecule is CCc1nc(Cl)c(-c2ccccc2)n(CC(=O)OCc2ccccc2)c1=O.O=C(Cn1c(-c2ccccc2)c(Cl)nc(Cl)c1=O)OCc1ccccc1. The van der Waals surface area contributed by atoms with Gasteiger partial charge in [0.15, 0.2) is 15.5 Å². The molecule has 2 aromatic heterocycles. The van der Waals surface area contributed by atoms with Crippen LogP contribution in [0.4, 0.5) is 0 Å². The number of halogens is 3. The second-order valence-corrected chi connectivity index (χ2v) is 12.5. The molecule has 0 spiro atoms. The molecule has 0 aliphatic carbocycles. The lowest BCUT2D eigenvalue weighted by Gasteiger charge is -2.15. The molecule has 0 radical (unpaired) electrons. The van der Waals surface area contributed by atoms with Crippen molar-refractivity contribution >= 4 is 46.7 Å². The molecule has 0 N–H and O–H groups in total. The normalized spacial score (nSPS) is 10.6. The van der Waals surface area contributed by atoms with Gasteiger partial charge in [-0.1, -0.05) is 163 Å². The average Bonchev–Trinajstić information content (AvgIpc) is 3.18. The summed E-state index contributed by atoms with van der Waals surface area (Å²) in [6, 6.07) is 36.8. The molecule has 13 heteroatoms. The standard InChI is InChI=1S/C21H19ClN2O3.C19H14Cl2N2O3/c1-2-17-21(26)24(13-18(25)27-14-15-9-5-3-6-10-15)19(20(22)23-17)16-11-7-4-8-12-16;20-17-16(14-9-5-2-6-10-14)23(19(25)18(21)22-17)11-15(24)26-12-13-7-3-1-4-8-13/h3-12H,2,13-14H2,1H3;1-10H,11-12H2. The van der Waals surface area contributed by atoms with E-state index in [4.69, 9.17) is 44.3 Å². The van der Waals surface area contributed by atoms with Gasteiger partial charge in [-0.3, -0.25) is 28.3 Å². The fourth-order valence-electron chi connectivity index (χ4n) is 5.20. The van der Waals surface area contributed by atoms with E-state index < -0.39 is 17.5 Å². The van der Waals surface area contributed by atoms with Crippen molar-refractivity contribution in [1.82, 2.24) is 19.1 Å². The van der Waals surface area contributed by atoms with Crippen LogP contribution in [0.2, 0.25) is 15.5 Å². The van der Waals surface area contributed by atoms with Crippen LogP contribution in [0.5, 0.6) is 0 Å². The van der Waals surface area contributed by atoms with Gasteiger partial charge in [-0.2, -0.15) is 0 Å². The first kappa shape index (κ1) is 38.7. The van der Waals surface area contributed by atoms with Crippen molar-refractivity contribution in [2.45, 2.75) is 39.6 Å². The average molecular weight is 772 g/mol. The Balaban J connectivity index is 0.000000204. The summed E-state index contributed by atoms with van der Waals surface area (Å²) >= 11 is 18.4. The molecule has 0 aliphatic heterocycles. The minimum Gasteiger partial charge on any atom is -0.459 e. The van der Waals surface area contributed by atoms with Gasteiger partial charge in [0.25, 0.3) is 11.1 Å². The van der Waals surface area contributed by atoms with Gasteiger partial charge in [0, 0.05) is 11.1 Å². The van der Waals surface area contributed by atoms with E-state index >= 15 is 0 Å². The molecule has 0 bridgehead atoms. The Labute approximate surface area is 320 Å². The first-order valence-corrected chi connectivity index (χ1v) is 17.5. The van der Waals surface area contributed by atoms with Crippen molar-refractivity contribution in [3.8, 4) is 22.5 Å². The highest BCUT2D eigenvalue weighted by Gasteiger charge is 2.20. The molecule has 0 saturated carbocycles. The summed E-state index contributed by atoms with van der Waals surface area (Å²) in [5, 5.41) is -0.0734. The minimum atomic E-state index is -0.605. The first-order valence-electron chi connectivity index (χ1n) is 16.4. The first-order chi connectivity index (χ1) is 25.7. The van der Waals surface area contributed by atoms with E-state index in [9.17, 15) is 19.2 Å². The smallest absolute Gasteiger partial charge is 0.326 e. The molecule has 6 rings (SSSR count). The van der Waals surface area contributed by atoms with E-state index in [0.717, 1.165) is 11.1 Å². The van der Waals surface area contributed by atoms with Crippen molar-refractivity contribution in [2.24, 2.45) is 0 Å². The summed E-state index contributed by atoms with van der Waals surface area (Å²) in [6.45, 7) is 1.53. The second-order valence-electron chi connectivity index (χ2n) is 11.4. The quantitative estimate of drug-likeness (QED) is 0.122. The van der Waals surface area contributed by atoms with Gasteiger partial charge >= 0.3 is 11.9 Å². The van der Waals surface area contributed by atoms with Crippen LogP contribution < -0.4 is 11.1 Å². The highest BCUT2D eigenvalue weighted by Crippen LogP contribution is 2.27. The minimum absolute atomic E-state index is 0.0386. The number of hydrogen-bond donors (Lipinski definition) is 0. The number of carbonyl (C=O) groups excluding carboxylic acids is 2. The summed E-state index contributed by atoms with van der Waals surface area (Å²) in [6.07, 6.45) is 0.423. The molecular weight excluding hydrogens is 739 g/mol. The molecule has 0 fully saturated rings. The van der Waals surface area contributed by atoms with Gasteiger partial charge in [-0.15, -0.1) is 0 Å². The van der Waals surface area contributed by atoms with Crippen molar-refractivity contribution in [3.63, 3.8) is 0 Å². The molecule has 0 saturated heterocycles. The third-order valence-electron chi connectivity index (χ3n) is 7.76. The summed E-state index contributed by atoms with van der Waals surface area (Å²) in [4.78, 5) is 57.9. The highest BCUT2D eigenvalue weighted by atomic mass is 35.5. The maximum absolute atomic E-state index is 12.8. The van der Waals surface area contributed by atoms with Gasteiger partial charge in [0.05, 0.1) is 11.4 Å². The maximum atomic E-state index is 12.8. The number of nitrogens with zero attached hydrogens (tertiary/aromatic N) is 4. The number of aromatic nitrogens is 4. The van der Waals surface area contributed by atoms with Crippen molar-refractivity contribution in [2.75, 3.05) is 0 Å². The maximum Gasteiger partial charge on any atom is 0.326 e. The summed E-state index contributed by atoms with van der Waals surface area (Å²) in [7, 11) is 0. The van der Waals surface area contributed by atoms with E-state index in [1.54, 1.807) is 24.3 Å². The van der Waals surface area contributed by atoms with Gasteiger partial charge in [-0.25, -0.2) is 9.97 Å². The zero-order valence-corrected chi connectivity index (χ0v) is 30.7. The van der Waals surface area contributed by atoms with Crippen LogP contribution in [0.15, 0.2) is 131 Å². The lowest BCUT2D eigenvalue weighted by atomic mass is 10.1. The number of benzene rings is 4. The Morgan fingerprint density at radius 2 is 0.925 bits per heavy atom. The predicted molar refractivity (Wildman–Crippen MR) is 205 cm³/mol. The topological polar surface area (TPSA) is 122 Å². The zero-order valence-electron chi connectivity index (χ0n) is 28.5. The molecule has 2 heterocycles. The highest BCUT2D eigenvalue weighted by molar-refractivity contribution is 6.34. The summed E-state index contributed by atoms with van der Waals surface area (Å²) < 4.78 is 13.1. The fraction of sp³-hybridized carbons (Fsp3) is 0.150. The van der Waals surface area contributed by atoms with E-state index in [-0.39, 0.29) is 47.3 Å². The Bertz CT molecular complexity index is 2290. The lowest BCUT2D eigenvalue weighted by Crippen LogP contribution is -2.30. The van der Waals surface area contributed by atoms with Crippen LogP contribution in [0.3, 0.4) is 0 Å². The van der Waals surface area contributed by atoms with Crippen molar-refractivity contribution < 1.29 is 19.1 Å². The second kappa shape index (κ2) is 18.8. The lowest BCUT2D eigenvalue weighted by molar-refractivity contribution is -0.146. The van der Waals surface area contributed by atoms with E-state index in [1.165, 1.54) is 9.13 Å². The van der Waals surface area contributed by atoms with Crippen LogP contribution in [0, 0.1) is 0 Å². The molecule has 0 unspecified atom stereocenters. The molecule has 0 atom stereocenters. The van der Waals surface area contributed by atoms with Crippen LogP contribution in [-0.4, -0.2) is 31.0 Å². The third-order valence-corrected chi connectivity index (χ3v) is 8.54. The van der Waals surface area contributed by atoms with Gasteiger partial charge in [-0.05, 0) is 17.5 Å². The number of ether oxygens (including phenoxy) is 2. The molecule has 270 valence electrons. The Morgan fingerprint density at radius 1 is 0.547 bits per heavy atom. The van der Waals surface area contributed by atoms with Crippen LogP contribution in [-0.2, 0) is 51.8 Å². The molecule has 53 heavy (non-hydrogen) atoms. The van der Waals surface area contributed by atoms with Gasteiger partial charge < -0.3 is 9.47 Å². The largest absolute Gasteiger partial charge is 0.459 e. The molecule has 4 aromatic carbocycles. The number of carbonyl (C=O) groups is 2. The van der Waals surface area contributed by atoms with Crippen molar-refractivity contribution in [1.29, 1.82) is 0 Å². The van der Waals surface area contributed by atoms with Gasteiger partial charge in [0.2, 0.25) is 0 Å². The van der Waals surface area contributed by atoms with Gasteiger partial charge in [0.1, 0.15) is 32.0 Å². The number of esters is 2. The molecule has 0 amide bonds. The molecular formula is C40H33Cl3N4O6. The predicted octanol–water partition coefficient (Wildman–Crippen LogP) is 7.83. The Morgan fingerprint density at radius 3 is 1.34 bits per heavy atom. The molecule has 10 nitrogen and oxygen atoms in total. The number of aryl methyl sites for hydroxylation is 1. The van der Waals surface area contributed by atoms with Crippen LogP contribution >= 0.6 is 34.8 Å². The third kappa shape index (κ3) is 10.3. The van der Waals surface area contributed by atoms with E-state index in [1.807, 2.05) is 104 Å². The van der Waals surface area contributed by atoms with E-state index in [2.05, 4.69) is 9.97 Å². The van der Waals surface area contributed by atoms with Crippen molar-refractivity contribution in [3.05, 3.63) is 174 Å². The summed E-state index contributed by atoms with van der Waals surface area (Å²) in [5.74, 6) is -1.09. The Hall–Kier alpha value is -5.55. The fourth-order valence-corrected chi connectivity index (χ4v) is 6.04. The van der Waals surface area contributed by atoms with Crippen LogP contribution in [0.25, 0.3) is 22.5 Å². The zero-order chi connectivity index (χ0) is 37.7. The summed E-state index contributed by atoms with van der Waals surface area (Å²) in [5.41, 5.74) is 3.19. The number of hydrogen-bond acceptors (Lipinski definition) is 8. The van der Waals surface area contributed by atoms with Crippen LogP contribution in [0.1, 0.15) is 23.7 Å². The monoisotopic (exact) mass is 770 g/mol.